The van der Waals surface area contributed by atoms with E-state index in [9.17, 15) is 10.1 Å². The van der Waals surface area contributed by atoms with Gasteiger partial charge in [-0.3, -0.25) is 15.1 Å². The highest BCUT2D eigenvalue weighted by Crippen LogP contribution is 2.13. The predicted molar refractivity (Wildman–Crippen MR) is 103 cm³/mol. The lowest BCUT2D eigenvalue weighted by molar-refractivity contribution is -0.384. The molecule has 0 spiro atoms. The molecule has 0 amide bonds. The van der Waals surface area contributed by atoms with E-state index in [0.717, 1.165) is 11.1 Å². The van der Waals surface area contributed by atoms with Gasteiger partial charge in [0.15, 0.2) is 0 Å². The number of nitro groups is 1. The van der Waals surface area contributed by atoms with Crippen molar-refractivity contribution in [1.29, 1.82) is 0 Å². The minimum Gasteiger partial charge on any atom is -0.288 e. The van der Waals surface area contributed by atoms with Gasteiger partial charge in [-0.15, -0.1) is 0 Å². The molecule has 5 heteroatoms. The van der Waals surface area contributed by atoms with Crippen LogP contribution in [0.2, 0.25) is 0 Å². The van der Waals surface area contributed by atoms with Crippen LogP contribution in [-0.2, 0) is 13.1 Å². The van der Waals surface area contributed by atoms with E-state index >= 15 is 0 Å². The molecule has 0 unspecified atom stereocenters. The number of non-ortho nitro benzene ring substituents is 1. The first-order valence-corrected chi connectivity index (χ1v) is 8.32. The van der Waals surface area contributed by atoms with E-state index < -0.39 is 4.92 Å². The van der Waals surface area contributed by atoms with Crippen molar-refractivity contribution < 1.29 is 4.92 Å². The molecular formula is C21H19N3O2. The number of nitrogens with zero attached hydrogens (tertiary/aromatic N) is 3. The average Bonchev–Trinajstić information content (AvgIpc) is 2.68. The van der Waals surface area contributed by atoms with Gasteiger partial charge in [0.2, 0.25) is 0 Å². The summed E-state index contributed by atoms with van der Waals surface area (Å²) < 4.78 is 0. The van der Waals surface area contributed by atoms with E-state index in [0.29, 0.717) is 18.7 Å². The van der Waals surface area contributed by atoms with Crippen LogP contribution in [0.4, 0.5) is 5.69 Å². The maximum Gasteiger partial charge on any atom is 0.270 e. The third-order valence-electron chi connectivity index (χ3n) is 3.87. The van der Waals surface area contributed by atoms with Crippen LogP contribution in [-0.4, -0.2) is 16.1 Å². The monoisotopic (exact) mass is 345 g/mol. The first-order valence-electron chi connectivity index (χ1n) is 8.32. The highest BCUT2D eigenvalue weighted by atomic mass is 16.6. The largest absolute Gasteiger partial charge is 0.288 e. The van der Waals surface area contributed by atoms with E-state index in [2.05, 4.69) is 29.4 Å². The fraction of sp³-hybridized carbons (Fsp3) is 0.0952. The second-order valence-corrected chi connectivity index (χ2v) is 5.89. The lowest BCUT2D eigenvalue weighted by Crippen LogP contribution is -2.17. The van der Waals surface area contributed by atoms with Gasteiger partial charge in [-0.2, -0.15) is 5.10 Å². The molecule has 0 N–H and O–H groups in total. The van der Waals surface area contributed by atoms with Gasteiger partial charge in [0.25, 0.3) is 5.69 Å². The molecule has 0 saturated heterocycles. The topological polar surface area (TPSA) is 58.7 Å². The standard InChI is InChI=1S/C21H19N3O2/c25-24(26)21-13-7-12-20(14-21)15-22-23(16-18-8-3-1-4-9-18)17-19-10-5-2-6-11-19/h1-15H,16-17H2/b22-15-. The van der Waals surface area contributed by atoms with Gasteiger partial charge in [-0.1, -0.05) is 72.8 Å². The third kappa shape index (κ3) is 5.01. The molecule has 0 atom stereocenters. The third-order valence-corrected chi connectivity index (χ3v) is 3.87. The normalized spacial score (nSPS) is 10.8. The van der Waals surface area contributed by atoms with Crippen LogP contribution in [0, 0.1) is 10.1 Å². The van der Waals surface area contributed by atoms with Crippen LogP contribution in [0.1, 0.15) is 16.7 Å². The minimum atomic E-state index is -0.400. The molecule has 0 heterocycles. The molecule has 0 saturated carbocycles. The summed E-state index contributed by atoms with van der Waals surface area (Å²) in [5.41, 5.74) is 3.07. The van der Waals surface area contributed by atoms with Crippen LogP contribution < -0.4 is 0 Å². The Labute approximate surface area is 152 Å². The zero-order chi connectivity index (χ0) is 18.2. The molecule has 0 aliphatic heterocycles. The molecule has 3 aromatic carbocycles. The summed E-state index contributed by atoms with van der Waals surface area (Å²) in [5, 5.41) is 17.4. The zero-order valence-corrected chi connectivity index (χ0v) is 14.2. The van der Waals surface area contributed by atoms with Gasteiger partial charge in [0, 0.05) is 17.7 Å². The number of rotatable bonds is 7. The Balaban J connectivity index is 1.80. The van der Waals surface area contributed by atoms with E-state index in [1.165, 1.54) is 12.1 Å². The molecule has 0 aromatic heterocycles. The SMILES string of the molecule is O=[N+]([O-])c1cccc(/C=N\N(Cc2ccccc2)Cc2ccccc2)c1. The van der Waals surface area contributed by atoms with Crippen LogP contribution in [0.3, 0.4) is 0 Å². The summed E-state index contributed by atoms with van der Waals surface area (Å²) in [4.78, 5) is 10.5. The first-order chi connectivity index (χ1) is 12.7. The maximum absolute atomic E-state index is 10.9. The molecule has 5 nitrogen and oxygen atoms in total. The van der Waals surface area contributed by atoms with Crippen molar-refractivity contribution in [3.63, 3.8) is 0 Å². The van der Waals surface area contributed by atoms with Crippen molar-refractivity contribution in [3.05, 3.63) is 112 Å². The Bertz CT molecular complexity index is 839. The first kappa shape index (κ1) is 17.4. The van der Waals surface area contributed by atoms with Crippen molar-refractivity contribution in [1.82, 2.24) is 5.01 Å². The van der Waals surface area contributed by atoms with Gasteiger partial charge < -0.3 is 0 Å². The Morgan fingerprint density at radius 1 is 0.846 bits per heavy atom. The molecule has 130 valence electrons. The van der Waals surface area contributed by atoms with Gasteiger partial charge in [-0.25, -0.2) is 0 Å². The smallest absolute Gasteiger partial charge is 0.270 e. The number of hydrazone groups is 1. The number of nitro benzene ring substituents is 1. The average molecular weight is 345 g/mol. The molecule has 0 fully saturated rings. The molecule has 3 aromatic rings. The second-order valence-electron chi connectivity index (χ2n) is 5.89. The second kappa shape index (κ2) is 8.58. The lowest BCUT2D eigenvalue weighted by atomic mass is 10.2. The number of hydrogen-bond donors (Lipinski definition) is 0. The van der Waals surface area contributed by atoms with Crippen LogP contribution in [0.15, 0.2) is 90.0 Å². The Morgan fingerprint density at radius 2 is 1.42 bits per heavy atom. The van der Waals surface area contributed by atoms with Gasteiger partial charge in [0.1, 0.15) is 0 Å². The summed E-state index contributed by atoms with van der Waals surface area (Å²) in [5.74, 6) is 0. The summed E-state index contributed by atoms with van der Waals surface area (Å²) in [6.45, 7) is 1.31. The predicted octanol–water partition coefficient (Wildman–Crippen LogP) is 4.63. The van der Waals surface area contributed by atoms with Gasteiger partial charge >= 0.3 is 0 Å². The van der Waals surface area contributed by atoms with Crippen molar-refractivity contribution in [2.24, 2.45) is 5.10 Å². The fourth-order valence-corrected chi connectivity index (χ4v) is 2.59. The van der Waals surface area contributed by atoms with Gasteiger partial charge in [-0.05, 0) is 11.1 Å². The molecule has 0 radical (unpaired) electrons. The van der Waals surface area contributed by atoms with Crippen molar-refractivity contribution in [3.8, 4) is 0 Å². The van der Waals surface area contributed by atoms with Gasteiger partial charge in [0.05, 0.1) is 24.2 Å². The Morgan fingerprint density at radius 3 is 1.96 bits per heavy atom. The van der Waals surface area contributed by atoms with Crippen LogP contribution >= 0.6 is 0 Å². The van der Waals surface area contributed by atoms with E-state index in [1.54, 1.807) is 18.3 Å². The van der Waals surface area contributed by atoms with Crippen molar-refractivity contribution >= 4 is 11.9 Å². The summed E-state index contributed by atoms with van der Waals surface area (Å²) in [6.07, 6.45) is 1.67. The minimum absolute atomic E-state index is 0.0617. The summed E-state index contributed by atoms with van der Waals surface area (Å²) >= 11 is 0. The zero-order valence-electron chi connectivity index (χ0n) is 14.2. The van der Waals surface area contributed by atoms with Crippen LogP contribution in [0.5, 0.6) is 0 Å². The highest BCUT2D eigenvalue weighted by molar-refractivity contribution is 5.80. The number of hydrogen-bond acceptors (Lipinski definition) is 4. The van der Waals surface area contributed by atoms with Crippen molar-refractivity contribution in [2.75, 3.05) is 0 Å². The van der Waals surface area contributed by atoms with E-state index in [4.69, 9.17) is 0 Å². The molecule has 0 bridgehead atoms. The fourth-order valence-electron chi connectivity index (χ4n) is 2.59. The molecule has 26 heavy (non-hydrogen) atoms. The quantitative estimate of drug-likeness (QED) is 0.356. The van der Waals surface area contributed by atoms with Crippen LogP contribution in [0.25, 0.3) is 0 Å². The Hall–Kier alpha value is -3.47. The summed E-state index contributed by atoms with van der Waals surface area (Å²) in [6, 6.07) is 26.7. The maximum atomic E-state index is 10.9. The molecule has 3 rings (SSSR count). The van der Waals surface area contributed by atoms with E-state index in [1.807, 2.05) is 41.4 Å². The van der Waals surface area contributed by atoms with Crippen molar-refractivity contribution in [2.45, 2.75) is 13.1 Å². The lowest BCUT2D eigenvalue weighted by Gasteiger charge is -2.19. The molecule has 0 aliphatic rings. The number of benzene rings is 3. The molecular weight excluding hydrogens is 326 g/mol. The summed E-state index contributed by atoms with van der Waals surface area (Å²) in [7, 11) is 0. The van der Waals surface area contributed by atoms with E-state index in [-0.39, 0.29) is 5.69 Å². The molecule has 0 aliphatic carbocycles. The highest BCUT2D eigenvalue weighted by Gasteiger charge is 2.06. The Kier molecular flexibility index (Phi) is 5.72.